The predicted molar refractivity (Wildman–Crippen MR) is 531 cm³/mol. The Bertz CT molecular complexity index is 6420. The molecule has 5 N–H and O–H groups in total. The molecule has 34 nitrogen and oxygen atoms in total. The summed E-state index contributed by atoms with van der Waals surface area (Å²) >= 11 is 25.4. The first-order valence-electron chi connectivity index (χ1n) is 41.2. The zero-order chi connectivity index (χ0) is 97.7. The number of fused-ring (bicyclic) bond motifs is 4. The number of amides is 4. The third-order valence-electron chi connectivity index (χ3n) is 19.8. The van der Waals surface area contributed by atoms with E-state index in [0.717, 1.165) is 76.2 Å². The highest BCUT2D eigenvalue weighted by Gasteiger charge is 2.38. The number of carbonyl (C=O) groups excluding carboxylic acids is 4. The van der Waals surface area contributed by atoms with Gasteiger partial charge in [-0.3, -0.25) is 99.5 Å². The minimum atomic E-state index is -0.941. The van der Waals surface area contributed by atoms with Gasteiger partial charge >= 0.3 is 23.9 Å². The maximum atomic E-state index is 13.3. The van der Waals surface area contributed by atoms with Crippen molar-refractivity contribution in [1.82, 2.24) is 57.1 Å². The molecule has 8 aromatic heterocycles. The molecule has 12 heterocycles. The fraction of sp³-hybridized carbons (Fsp3) is 0.181. The van der Waals surface area contributed by atoms with Crippen LogP contribution in [0.15, 0.2) is 233 Å². The van der Waals surface area contributed by atoms with E-state index < -0.39 is 29.8 Å². The molecule has 0 unspecified atom stereocenters. The van der Waals surface area contributed by atoms with Gasteiger partial charge in [0, 0.05) is 83.6 Å². The molecule has 696 valence electrons. The van der Waals surface area contributed by atoms with E-state index in [2.05, 4.69) is 19.9 Å². The van der Waals surface area contributed by atoms with Crippen molar-refractivity contribution in [1.29, 1.82) is 0 Å². The van der Waals surface area contributed by atoms with E-state index >= 15 is 0 Å². The highest BCUT2D eigenvalue weighted by atomic mass is 32.2. The molecular formula is C94H80N12O22S8. The van der Waals surface area contributed by atoms with Crippen LogP contribution < -0.4 is 41.2 Å². The molecule has 16 rings (SSSR count). The van der Waals surface area contributed by atoms with E-state index in [1.165, 1.54) is 61.5 Å². The van der Waals surface area contributed by atoms with Gasteiger partial charge in [0.25, 0.3) is 51.8 Å². The average Bonchev–Trinajstić information content (AvgIpc) is 0.837. The van der Waals surface area contributed by atoms with Gasteiger partial charge in [0.2, 0.25) is 23.5 Å². The molecule has 4 saturated heterocycles. The summed E-state index contributed by atoms with van der Waals surface area (Å²) in [6, 6.07) is 50.1. The SMILES string of the molecule is CC(=O)O.Cc1ccccc1Oc1nc2ccccn2c(=O)c1/C=C1\SC(=S)N(CCCC(=O)O)C1=O.Cc1ccccc1Oc1nc2ccccn2c(=O)c1/C=C1\SC(=S)N(CCCC(=O)O)C1=O.Cc1ccccc1Oc1nc2ccccn2c(=O)c1/C=C1\SC(=S)N(CCCC(=O)O)C1=O.Cc1ccccc1Oc1nc2ccccn2c(=O)c1/C=C1\SC(=S)N(CCCC(=O)O)C1=O. The number of ether oxygens (including phenoxy) is 4. The smallest absolute Gasteiger partial charge is 0.303 e. The second kappa shape index (κ2) is 46.4. The molecular weight excluding hydrogens is 1910 g/mol. The van der Waals surface area contributed by atoms with Crippen LogP contribution in [0.3, 0.4) is 0 Å². The Morgan fingerprint density at radius 1 is 0.309 bits per heavy atom. The summed E-state index contributed by atoms with van der Waals surface area (Å²) in [4.78, 5) is 181. The largest absolute Gasteiger partial charge is 0.481 e. The lowest BCUT2D eigenvalue weighted by molar-refractivity contribution is -0.138. The van der Waals surface area contributed by atoms with Gasteiger partial charge in [-0.05, 0) is 173 Å². The summed E-state index contributed by atoms with van der Waals surface area (Å²) in [7, 11) is 0. The molecule has 0 bridgehead atoms. The number of hydrogen-bond donors (Lipinski definition) is 5. The molecule has 0 atom stereocenters. The maximum absolute atomic E-state index is 13.3. The van der Waals surface area contributed by atoms with Crippen LogP contribution in [0.4, 0.5) is 0 Å². The van der Waals surface area contributed by atoms with Gasteiger partial charge in [-0.2, -0.15) is 19.9 Å². The normalized spacial score (nSPS) is 14.7. The lowest BCUT2D eigenvalue weighted by atomic mass is 10.2. The van der Waals surface area contributed by atoms with Crippen LogP contribution in [-0.2, 0) is 43.2 Å². The number of para-hydroxylation sites is 4. The Labute approximate surface area is 811 Å². The number of carbonyl (C=O) groups is 9. The van der Waals surface area contributed by atoms with Crippen LogP contribution in [0.1, 0.15) is 103 Å². The average molecular weight is 1990 g/mol. The molecule has 4 fully saturated rings. The van der Waals surface area contributed by atoms with Crippen LogP contribution in [0.25, 0.3) is 46.9 Å². The zero-order valence-corrected chi connectivity index (χ0v) is 79.1. The zero-order valence-electron chi connectivity index (χ0n) is 72.6. The number of aryl methyl sites for hydroxylation is 4. The quantitative estimate of drug-likeness (QED) is 0.0224. The molecule has 0 radical (unpaired) electrons. The van der Waals surface area contributed by atoms with Gasteiger partial charge in [-0.15, -0.1) is 0 Å². The monoisotopic (exact) mass is 1980 g/mol. The van der Waals surface area contributed by atoms with Crippen LogP contribution in [0, 0.1) is 27.7 Å². The number of aliphatic carboxylic acids is 5. The van der Waals surface area contributed by atoms with Crippen LogP contribution >= 0.6 is 95.9 Å². The Hall–Kier alpha value is -14.5. The number of aromatic nitrogens is 8. The van der Waals surface area contributed by atoms with Gasteiger partial charge in [0.15, 0.2) is 0 Å². The number of rotatable bonds is 28. The molecule has 4 aliphatic heterocycles. The number of nitrogens with zero attached hydrogens (tertiary/aromatic N) is 12. The standard InChI is InChI=1S/4C23H19N3O5S2.C2H4O2/c4*1-14-7-2-3-8-16(14)31-20-15(21(29)25-11-5-4-9-18(25)24-20)13-17-22(30)26(23(32)33-17)12-6-10-19(27)28;1-2(3)4/h4*2-5,7-9,11,13H,6,10,12H2,1H3,(H,27,28);1H3,(H,3,4)/b4*17-13-;. The highest BCUT2D eigenvalue weighted by molar-refractivity contribution is 8.28. The van der Waals surface area contributed by atoms with E-state index in [1.807, 2.05) is 100 Å². The van der Waals surface area contributed by atoms with Gasteiger partial charge in [0.05, 0.1) is 19.6 Å². The first-order valence-corrected chi connectivity index (χ1v) is 46.1. The number of benzene rings is 4. The minimum Gasteiger partial charge on any atom is -0.481 e. The fourth-order valence-corrected chi connectivity index (χ4v) is 18.2. The van der Waals surface area contributed by atoms with Crippen molar-refractivity contribution in [2.75, 3.05) is 26.2 Å². The number of carboxylic acid groups (broad SMARTS) is 5. The van der Waals surface area contributed by atoms with Crippen molar-refractivity contribution in [2.45, 2.75) is 86.0 Å². The topological polar surface area (TPSA) is 442 Å². The molecule has 0 aliphatic carbocycles. The van der Waals surface area contributed by atoms with Crippen LogP contribution in [0.2, 0.25) is 0 Å². The summed E-state index contributed by atoms with van der Waals surface area (Å²) in [6.07, 6.45) is 13.0. The summed E-state index contributed by atoms with van der Waals surface area (Å²) < 4.78 is 30.8. The van der Waals surface area contributed by atoms with E-state index in [0.29, 0.717) is 62.9 Å². The Kier molecular flexibility index (Phi) is 34.3. The molecule has 136 heavy (non-hydrogen) atoms. The molecule has 0 spiro atoms. The molecule has 4 amide bonds. The van der Waals surface area contributed by atoms with E-state index in [4.69, 9.17) is 98.1 Å². The summed E-state index contributed by atoms with van der Waals surface area (Å²) in [5.74, 6) is -3.63. The molecule has 0 saturated carbocycles. The summed E-state index contributed by atoms with van der Waals surface area (Å²) in [5, 5.41) is 42.8. The summed E-state index contributed by atoms with van der Waals surface area (Å²) in [6.45, 7) is 9.37. The number of thioether (sulfide) groups is 4. The predicted octanol–water partition coefficient (Wildman–Crippen LogP) is 15.5. The van der Waals surface area contributed by atoms with Crippen molar-refractivity contribution in [3.05, 3.63) is 300 Å². The Balaban J connectivity index is 0.000000161. The van der Waals surface area contributed by atoms with E-state index in [9.17, 15) is 57.5 Å². The second-order valence-corrected chi connectivity index (χ2v) is 36.3. The van der Waals surface area contributed by atoms with Gasteiger partial charge < -0.3 is 44.5 Å². The number of hydrogen-bond acceptors (Lipinski definition) is 29. The highest BCUT2D eigenvalue weighted by Crippen LogP contribution is 2.40. The van der Waals surface area contributed by atoms with Crippen molar-refractivity contribution in [3.8, 4) is 46.5 Å². The minimum absolute atomic E-state index is 0.0690. The van der Waals surface area contributed by atoms with Crippen LogP contribution in [-0.4, -0.2) is 180 Å². The van der Waals surface area contributed by atoms with Crippen molar-refractivity contribution < 1.29 is 87.6 Å². The third kappa shape index (κ3) is 25.3. The lowest BCUT2D eigenvalue weighted by Gasteiger charge is -2.13. The van der Waals surface area contributed by atoms with E-state index in [1.54, 1.807) is 122 Å². The fourth-order valence-electron chi connectivity index (χ4n) is 13.1. The number of pyridine rings is 4. The van der Waals surface area contributed by atoms with Crippen molar-refractivity contribution in [2.24, 2.45) is 0 Å². The van der Waals surface area contributed by atoms with Gasteiger partial charge in [0.1, 0.15) is 85.1 Å². The lowest BCUT2D eigenvalue weighted by Crippen LogP contribution is -2.29. The molecule has 4 aliphatic rings. The number of carboxylic acids is 5. The van der Waals surface area contributed by atoms with Crippen molar-refractivity contribution >= 4 is 214 Å². The third-order valence-corrected chi connectivity index (χ3v) is 25.3. The molecule has 42 heteroatoms. The Morgan fingerprint density at radius 2 is 0.493 bits per heavy atom. The van der Waals surface area contributed by atoms with Crippen molar-refractivity contribution in [3.63, 3.8) is 0 Å². The van der Waals surface area contributed by atoms with Gasteiger partial charge in [-0.25, -0.2) is 0 Å². The second-order valence-electron chi connectivity index (χ2n) is 29.6. The molecule has 12 aromatic rings. The van der Waals surface area contributed by atoms with Crippen LogP contribution in [0.5, 0.6) is 46.5 Å². The molecule has 4 aromatic carbocycles. The maximum Gasteiger partial charge on any atom is 0.303 e. The summed E-state index contributed by atoms with van der Waals surface area (Å²) in [5.41, 5.74) is 4.00. The van der Waals surface area contributed by atoms with E-state index in [-0.39, 0.29) is 189 Å². The Morgan fingerprint density at radius 3 is 0.676 bits per heavy atom. The first kappa shape index (κ1) is 100. The number of thiocarbonyl (C=S) groups is 4. The van der Waals surface area contributed by atoms with Gasteiger partial charge in [-0.1, -0.05) is 193 Å². The first-order chi connectivity index (χ1) is 65.1.